The fraction of sp³-hybridized carbons (Fsp3) is 0.879. The van der Waals surface area contributed by atoms with Gasteiger partial charge in [0.25, 0.3) is 0 Å². The SMILES string of the molecule is C=C(C)[C@H]1CC[C@]2(CC(=O)O)CC[C@]3(C)[C@@H](CC[C@H]4[C@@]5(C)CC[C@@H](CC(=O)O)C(C)(C)[C@H]5CC[C@]43C)[C@H]12. The van der Waals surface area contributed by atoms with Gasteiger partial charge < -0.3 is 10.2 Å². The molecule has 10 atom stereocenters. The summed E-state index contributed by atoms with van der Waals surface area (Å²) in [5, 5.41) is 19.6. The maximum absolute atomic E-state index is 12.1. The number of allylic oxidation sites excluding steroid dienone is 1. The van der Waals surface area contributed by atoms with Crippen LogP contribution in [-0.4, -0.2) is 22.2 Å². The van der Waals surface area contributed by atoms with Crippen LogP contribution in [0.4, 0.5) is 0 Å². The number of hydrogen-bond acceptors (Lipinski definition) is 2. The second-order valence-corrected chi connectivity index (χ2v) is 15.8. The normalized spacial score (nSPS) is 50.2. The van der Waals surface area contributed by atoms with E-state index in [1.165, 1.54) is 31.3 Å². The van der Waals surface area contributed by atoms with Gasteiger partial charge in [0.2, 0.25) is 0 Å². The molecule has 4 nitrogen and oxygen atoms in total. The topological polar surface area (TPSA) is 74.6 Å². The summed E-state index contributed by atoms with van der Waals surface area (Å²) in [5.74, 6) is 1.70. The lowest BCUT2D eigenvalue weighted by molar-refractivity contribution is -0.243. The van der Waals surface area contributed by atoms with E-state index in [-0.39, 0.29) is 33.0 Å². The van der Waals surface area contributed by atoms with Gasteiger partial charge in [-0.05, 0) is 134 Å². The summed E-state index contributed by atoms with van der Waals surface area (Å²) < 4.78 is 0. The van der Waals surface area contributed by atoms with Gasteiger partial charge in [-0.3, -0.25) is 9.59 Å². The zero-order valence-electron chi connectivity index (χ0n) is 24.4. The minimum Gasteiger partial charge on any atom is -0.481 e. The molecular weight excluding hydrogens is 460 g/mol. The van der Waals surface area contributed by atoms with Crippen LogP contribution >= 0.6 is 0 Å². The van der Waals surface area contributed by atoms with Crippen LogP contribution in [0.5, 0.6) is 0 Å². The Morgan fingerprint density at radius 2 is 1.49 bits per heavy atom. The Balaban J connectivity index is 1.51. The standard InChI is InChI=1S/C33H52O4/c1-20(2)22-11-15-33(19-27(36)37)17-16-31(6)23(28(22)33)8-9-25-30(5)13-10-21(18-26(34)35)29(3,4)24(30)12-14-32(25,31)7/h21-25,28H,1,8-19H2,2-7H3,(H,34,35)(H,36,37)/t21-,22+,23-,24+,25-,28-,30-,31+,32+,33+/m0/s1. The summed E-state index contributed by atoms with van der Waals surface area (Å²) in [6, 6.07) is 0. The molecule has 5 fully saturated rings. The van der Waals surface area contributed by atoms with E-state index in [2.05, 4.69) is 48.1 Å². The van der Waals surface area contributed by atoms with Gasteiger partial charge in [-0.15, -0.1) is 0 Å². The number of hydrogen-bond donors (Lipinski definition) is 2. The zero-order valence-corrected chi connectivity index (χ0v) is 24.4. The van der Waals surface area contributed by atoms with E-state index in [1.807, 2.05) is 0 Å². The van der Waals surface area contributed by atoms with Gasteiger partial charge in [0.15, 0.2) is 0 Å². The molecule has 0 bridgehead atoms. The van der Waals surface area contributed by atoms with Crippen molar-refractivity contribution in [3.8, 4) is 0 Å². The van der Waals surface area contributed by atoms with Gasteiger partial charge >= 0.3 is 11.9 Å². The predicted molar refractivity (Wildman–Crippen MR) is 147 cm³/mol. The van der Waals surface area contributed by atoms with Gasteiger partial charge in [-0.2, -0.15) is 0 Å². The molecule has 0 aliphatic heterocycles. The molecule has 0 spiro atoms. The van der Waals surface area contributed by atoms with Crippen LogP contribution in [0.3, 0.4) is 0 Å². The summed E-state index contributed by atoms with van der Waals surface area (Å²) in [5.41, 5.74) is 1.97. The molecule has 0 amide bonds. The molecule has 2 N–H and O–H groups in total. The van der Waals surface area contributed by atoms with Crippen molar-refractivity contribution in [1.82, 2.24) is 0 Å². The number of aliphatic carboxylic acids is 2. The van der Waals surface area contributed by atoms with Crippen molar-refractivity contribution in [3.05, 3.63) is 12.2 Å². The summed E-state index contributed by atoms with van der Waals surface area (Å²) >= 11 is 0. The summed E-state index contributed by atoms with van der Waals surface area (Å²) in [6.45, 7) is 19.1. The first-order chi connectivity index (χ1) is 17.1. The van der Waals surface area contributed by atoms with Crippen molar-refractivity contribution in [2.24, 2.45) is 62.6 Å². The largest absolute Gasteiger partial charge is 0.481 e. The summed E-state index contributed by atoms with van der Waals surface area (Å²) in [7, 11) is 0. The van der Waals surface area contributed by atoms with Crippen LogP contribution in [0.15, 0.2) is 12.2 Å². The van der Waals surface area contributed by atoms with Crippen LogP contribution in [0.2, 0.25) is 0 Å². The monoisotopic (exact) mass is 512 g/mol. The molecule has 0 aromatic heterocycles. The Morgan fingerprint density at radius 1 is 0.784 bits per heavy atom. The lowest BCUT2D eigenvalue weighted by Gasteiger charge is -2.73. The second-order valence-electron chi connectivity index (χ2n) is 15.8. The summed E-state index contributed by atoms with van der Waals surface area (Å²) in [6.07, 6.45) is 12.1. The van der Waals surface area contributed by atoms with Gasteiger partial charge in [-0.25, -0.2) is 0 Å². The molecule has 0 unspecified atom stereocenters. The molecular formula is C33H52O4. The van der Waals surface area contributed by atoms with E-state index in [4.69, 9.17) is 0 Å². The van der Waals surface area contributed by atoms with Crippen molar-refractivity contribution >= 4 is 11.9 Å². The first kappa shape index (κ1) is 27.3. The highest BCUT2D eigenvalue weighted by Crippen LogP contribution is 2.78. The van der Waals surface area contributed by atoms with Crippen molar-refractivity contribution in [3.63, 3.8) is 0 Å². The molecule has 0 heterocycles. The van der Waals surface area contributed by atoms with Crippen molar-refractivity contribution in [1.29, 1.82) is 0 Å². The predicted octanol–water partition coefficient (Wildman–Crippen LogP) is 8.21. The van der Waals surface area contributed by atoms with Crippen LogP contribution in [0.1, 0.15) is 119 Å². The molecule has 0 saturated heterocycles. The highest BCUT2D eigenvalue weighted by atomic mass is 16.4. The highest BCUT2D eigenvalue weighted by Gasteiger charge is 2.70. The minimum atomic E-state index is -0.647. The number of fused-ring (bicyclic) bond motifs is 7. The molecule has 0 aromatic rings. The molecule has 37 heavy (non-hydrogen) atoms. The maximum atomic E-state index is 12.1. The zero-order chi connectivity index (χ0) is 27.2. The van der Waals surface area contributed by atoms with E-state index in [1.54, 1.807) is 0 Å². The Labute approximate surface area is 225 Å². The number of carboxylic acids is 2. The van der Waals surface area contributed by atoms with E-state index in [9.17, 15) is 19.8 Å². The van der Waals surface area contributed by atoms with Crippen LogP contribution in [-0.2, 0) is 9.59 Å². The first-order valence-corrected chi connectivity index (χ1v) is 15.2. The molecule has 5 aliphatic carbocycles. The highest BCUT2D eigenvalue weighted by molar-refractivity contribution is 5.68. The number of rotatable bonds is 5. The minimum absolute atomic E-state index is 0.0458. The van der Waals surface area contributed by atoms with Gasteiger partial charge in [0.05, 0.1) is 6.42 Å². The Morgan fingerprint density at radius 3 is 2.11 bits per heavy atom. The molecule has 0 aromatic carbocycles. The quantitative estimate of drug-likeness (QED) is 0.364. The fourth-order valence-corrected chi connectivity index (χ4v) is 12.5. The fourth-order valence-electron chi connectivity index (χ4n) is 12.5. The van der Waals surface area contributed by atoms with Gasteiger partial charge in [0.1, 0.15) is 0 Å². The van der Waals surface area contributed by atoms with E-state index < -0.39 is 11.9 Å². The average molecular weight is 513 g/mol. The number of carbonyl (C=O) groups is 2. The molecule has 4 heteroatoms. The third-order valence-electron chi connectivity index (χ3n) is 14.4. The van der Waals surface area contributed by atoms with Crippen molar-refractivity contribution in [2.45, 2.75) is 119 Å². The van der Waals surface area contributed by atoms with Crippen LogP contribution in [0, 0.1) is 62.6 Å². The Hall–Kier alpha value is -1.32. The molecule has 0 radical (unpaired) electrons. The van der Waals surface area contributed by atoms with Gasteiger partial charge in [0, 0.05) is 6.42 Å². The lowest BCUT2D eigenvalue weighted by atomic mass is 9.31. The average Bonchev–Trinajstić information content (AvgIpc) is 3.15. The third-order valence-corrected chi connectivity index (χ3v) is 14.4. The smallest absolute Gasteiger partial charge is 0.303 e. The second kappa shape index (κ2) is 8.59. The van der Waals surface area contributed by atoms with Crippen LogP contribution < -0.4 is 0 Å². The Bertz CT molecular complexity index is 983. The molecule has 5 aliphatic rings. The van der Waals surface area contributed by atoms with Crippen LogP contribution in [0.25, 0.3) is 0 Å². The third kappa shape index (κ3) is 3.65. The maximum Gasteiger partial charge on any atom is 0.303 e. The van der Waals surface area contributed by atoms with E-state index in [0.717, 1.165) is 38.5 Å². The van der Waals surface area contributed by atoms with E-state index >= 15 is 0 Å². The summed E-state index contributed by atoms with van der Waals surface area (Å²) in [4.78, 5) is 23.8. The Kier molecular flexibility index (Phi) is 6.33. The van der Waals surface area contributed by atoms with Crippen molar-refractivity contribution < 1.29 is 19.8 Å². The molecule has 5 rings (SSSR count). The van der Waals surface area contributed by atoms with Gasteiger partial charge in [-0.1, -0.05) is 46.8 Å². The van der Waals surface area contributed by atoms with E-state index in [0.29, 0.717) is 42.4 Å². The van der Waals surface area contributed by atoms with Crippen molar-refractivity contribution in [2.75, 3.05) is 0 Å². The molecule has 208 valence electrons. The first-order valence-electron chi connectivity index (χ1n) is 15.2. The molecule has 5 saturated carbocycles. The number of carboxylic acid groups (broad SMARTS) is 2. The lowest BCUT2D eigenvalue weighted by Crippen LogP contribution is -2.66.